The Morgan fingerprint density at radius 2 is 2.03 bits per heavy atom. The molecular formula is C17H18N8O6S. The first kappa shape index (κ1) is 22.5. The summed E-state index contributed by atoms with van der Waals surface area (Å²) < 4.78 is 7.70. The lowest BCUT2D eigenvalue weighted by Crippen LogP contribution is -2.18. The summed E-state index contributed by atoms with van der Waals surface area (Å²) in [5.41, 5.74) is 5.72. The Morgan fingerprint density at radius 1 is 1.31 bits per heavy atom. The van der Waals surface area contributed by atoms with Crippen molar-refractivity contribution in [2.24, 2.45) is 5.73 Å². The predicted molar refractivity (Wildman–Crippen MR) is 110 cm³/mol. The maximum absolute atomic E-state index is 12.7. The number of aromatic nitrogens is 5. The third kappa shape index (κ3) is 4.77. The first-order valence-electron chi connectivity index (χ1n) is 9.09. The predicted octanol–water partition coefficient (Wildman–Crippen LogP) is 1.17. The number of primary amides is 1. The number of esters is 1. The number of thiophene rings is 1. The Morgan fingerprint density at radius 3 is 2.62 bits per heavy atom. The Labute approximate surface area is 184 Å². The van der Waals surface area contributed by atoms with Gasteiger partial charge >= 0.3 is 11.9 Å². The lowest BCUT2D eigenvalue weighted by atomic mass is 10.1. The Hall–Kier alpha value is -4.14. The van der Waals surface area contributed by atoms with Crippen molar-refractivity contribution in [2.45, 2.75) is 33.5 Å². The van der Waals surface area contributed by atoms with Gasteiger partial charge in [-0.1, -0.05) is 4.98 Å². The van der Waals surface area contributed by atoms with Crippen LogP contribution in [0.5, 0.6) is 0 Å². The van der Waals surface area contributed by atoms with Gasteiger partial charge in [0.15, 0.2) is 12.4 Å². The van der Waals surface area contributed by atoms with Crippen molar-refractivity contribution < 1.29 is 24.0 Å². The molecule has 0 fully saturated rings. The Bertz CT molecular complexity index is 1210. The molecule has 0 radical (unpaired) electrons. The van der Waals surface area contributed by atoms with Gasteiger partial charge in [-0.05, 0) is 37.3 Å². The van der Waals surface area contributed by atoms with Gasteiger partial charge in [-0.15, -0.1) is 11.3 Å². The van der Waals surface area contributed by atoms with E-state index in [1.54, 1.807) is 13.8 Å². The highest BCUT2D eigenvalue weighted by Crippen LogP contribution is 2.34. The largest absolute Gasteiger partial charge is 0.491 e. The number of carbonyl (C=O) groups is 3. The molecule has 0 aliphatic carbocycles. The van der Waals surface area contributed by atoms with E-state index in [0.717, 1.165) is 17.7 Å². The van der Waals surface area contributed by atoms with Crippen LogP contribution in [0.2, 0.25) is 0 Å². The molecule has 0 saturated heterocycles. The van der Waals surface area contributed by atoms with Crippen LogP contribution in [-0.4, -0.2) is 53.4 Å². The highest BCUT2D eigenvalue weighted by atomic mass is 32.1. The van der Waals surface area contributed by atoms with Gasteiger partial charge < -0.3 is 25.9 Å². The molecule has 3 rings (SSSR count). The van der Waals surface area contributed by atoms with Gasteiger partial charge in [0.2, 0.25) is 6.33 Å². The number of nitrogens with zero attached hydrogens (tertiary/aromatic N) is 6. The topological polar surface area (TPSA) is 190 Å². The van der Waals surface area contributed by atoms with Crippen molar-refractivity contribution in [3.63, 3.8) is 0 Å². The van der Waals surface area contributed by atoms with Crippen molar-refractivity contribution in [1.29, 1.82) is 0 Å². The van der Waals surface area contributed by atoms with E-state index in [-0.39, 0.29) is 27.8 Å². The summed E-state index contributed by atoms with van der Waals surface area (Å²) in [5.74, 6) is -2.65. The number of rotatable bonds is 8. The fourth-order valence-electron chi connectivity index (χ4n) is 2.67. The van der Waals surface area contributed by atoms with E-state index >= 15 is 0 Å². The maximum Gasteiger partial charge on any atom is 0.491 e. The SMILES string of the molecule is Cc1c(C(N)=O)sc(NC(=O)c2ccn(Cn3cnc([N+](=O)[O-])n3)n2)c1C(=O)OC(C)C. The quantitative estimate of drug-likeness (QED) is 0.281. The van der Waals surface area contributed by atoms with Crippen LogP contribution in [0, 0.1) is 17.0 Å². The molecule has 0 saturated carbocycles. The van der Waals surface area contributed by atoms with Gasteiger partial charge in [0.05, 0.1) is 16.5 Å². The van der Waals surface area contributed by atoms with Crippen LogP contribution in [0.15, 0.2) is 18.6 Å². The Kier molecular flexibility index (Phi) is 6.29. The van der Waals surface area contributed by atoms with Crippen molar-refractivity contribution >= 4 is 40.1 Å². The minimum atomic E-state index is -0.738. The normalized spacial score (nSPS) is 10.9. The number of anilines is 1. The minimum absolute atomic E-state index is 0.00512. The van der Waals surface area contributed by atoms with E-state index in [1.807, 2.05) is 0 Å². The molecule has 3 N–H and O–H groups in total. The number of nitrogens with one attached hydrogen (secondary N) is 1. The molecule has 0 spiro atoms. The smallest absolute Gasteiger partial charge is 0.459 e. The minimum Gasteiger partial charge on any atom is -0.459 e. The van der Waals surface area contributed by atoms with Gasteiger partial charge in [-0.2, -0.15) is 9.78 Å². The van der Waals surface area contributed by atoms with Gasteiger partial charge in [0.25, 0.3) is 11.8 Å². The highest BCUT2D eigenvalue weighted by Gasteiger charge is 2.27. The molecule has 0 aliphatic heterocycles. The third-order valence-corrected chi connectivity index (χ3v) is 5.22. The second-order valence-corrected chi connectivity index (χ2v) is 7.78. The first-order valence-corrected chi connectivity index (χ1v) is 9.91. The second-order valence-electron chi connectivity index (χ2n) is 6.76. The van der Waals surface area contributed by atoms with Crippen molar-refractivity contribution in [3.8, 4) is 0 Å². The molecule has 0 unspecified atom stereocenters. The number of amides is 2. The molecule has 0 aliphatic rings. The van der Waals surface area contributed by atoms with Crippen LogP contribution in [0.3, 0.4) is 0 Å². The fourth-order valence-corrected chi connectivity index (χ4v) is 3.71. The van der Waals surface area contributed by atoms with Gasteiger partial charge in [0, 0.05) is 11.3 Å². The third-order valence-electron chi connectivity index (χ3n) is 4.00. The zero-order valence-electron chi connectivity index (χ0n) is 17.1. The molecule has 3 aromatic rings. The fraction of sp³-hybridized carbons (Fsp3) is 0.294. The Balaban J connectivity index is 1.81. The van der Waals surface area contributed by atoms with E-state index < -0.39 is 34.8 Å². The van der Waals surface area contributed by atoms with Crippen molar-refractivity contribution in [3.05, 3.63) is 50.4 Å². The van der Waals surface area contributed by atoms with Gasteiger partial charge in [-0.3, -0.25) is 9.59 Å². The first-order chi connectivity index (χ1) is 15.1. The van der Waals surface area contributed by atoms with Crippen LogP contribution in [0.25, 0.3) is 0 Å². The summed E-state index contributed by atoms with van der Waals surface area (Å²) >= 11 is 0.859. The molecular weight excluding hydrogens is 444 g/mol. The van der Waals surface area contributed by atoms with Crippen LogP contribution in [0.1, 0.15) is 49.9 Å². The molecule has 0 bridgehead atoms. The summed E-state index contributed by atoms with van der Waals surface area (Å²) in [5, 5.41) is 21.1. The summed E-state index contributed by atoms with van der Waals surface area (Å²) in [6, 6.07) is 1.41. The summed E-state index contributed by atoms with van der Waals surface area (Å²) in [4.78, 5) is 50.5. The van der Waals surface area contributed by atoms with Crippen LogP contribution >= 0.6 is 11.3 Å². The molecule has 14 nitrogen and oxygen atoms in total. The number of ether oxygens (including phenoxy) is 1. The maximum atomic E-state index is 12.7. The van der Waals surface area contributed by atoms with E-state index in [9.17, 15) is 24.5 Å². The zero-order chi connectivity index (χ0) is 23.6. The molecule has 168 valence electrons. The average Bonchev–Trinajstić information content (AvgIpc) is 3.40. The lowest BCUT2D eigenvalue weighted by molar-refractivity contribution is -0.394. The molecule has 32 heavy (non-hydrogen) atoms. The van der Waals surface area contributed by atoms with E-state index in [0.29, 0.717) is 5.56 Å². The van der Waals surface area contributed by atoms with Gasteiger partial charge in [0.1, 0.15) is 5.00 Å². The lowest BCUT2D eigenvalue weighted by Gasteiger charge is -2.10. The number of nitro groups is 1. The van der Waals surface area contributed by atoms with E-state index in [1.165, 1.54) is 28.6 Å². The molecule has 15 heteroatoms. The summed E-state index contributed by atoms with van der Waals surface area (Å²) in [7, 11) is 0. The molecule has 3 heterocycles. The summed E-state index contributed by atoms with van der Waals surface area (Å²) in [6.45, 7) is 4.85. The van der Waals surface area contributed by atoms with Crippen LogP contribution in [-0.2, 0) is 11.4 Å². The number of hydrogen-bond acceptors (Lipinski definition) is 10. The second kappa shape index (κ2) is 8.93. The highest BCUT2D eigenvalue weighted by molar-refractivity contribution is 7.18. The van der Waals surface area contributed by atoms with Crippen molar-refractivity contribution in [1.82, 2.24) is 24.5 Å². The number of carbonyl (C=O) groups excluding carboxylic acids is 3. The zero-order valence-corrected chi connectivity index (χ0v) is 18.0. The van der Waals surface area contributed by atoms with Crippen molar-refractivity contribution in [2.75, 3.05) is 5.32 Å². The number of hydrogen-bond donors (Lipinski definition) is 2. The van der Waals surface area contributed by atoms with Crippen LogP contribution < -0.4 is 11.1 Å². The van der Waals surface area contributed by atoms with E-state index in [2.05, 4.69) is 20.5 Å². The average molecular weight is 462 g/mol. The van der Waals surface area contributed by atoms with E-state index in [4.69, 9.17) is 10.5 Å². The molecule has 3 aromatic heterocycles. The molecule has 0 aromatic carbocycles. The summed E-state index contributed by atoms with van der Waals surface area (Å²) in [6.07, 6.45) is 2.21. The molecule has 2 amide bonds. The van der Waals surface area contributed by atoms with Gasteiger partial charge in [-0.25, -0.2) is 9.48 Å². The van der Waals surface area contributed by atoms with Crippen LogP contribution in [0.4, 0.5) is 10.9 Å². The number of nitrogens with two attached hydrogens (primary N) is 1. The standard InChI is InChI=1S/C17H18N8O6S/c1-8(2)31-16(28)11-9(3)12(13(18)26)32-15(11)20-14(27)10-4-5-23(21-10)7-24-6-19-17(22-24)25(29)30/h4-6,8H,7H2,1-3H3,(H2,18,26)(H,20,27). The molecule has 0 atom stereocenters. The monoisotopic (exact) mass is 462 g/mol.